The van der Waals surface area contributed by atoms with Crippen LogP contribution in [0.5, 0.6) is 0 Å². The molecule has 1 aliphatic heterocycles. The molecule has 128 valence electrons. The third-order valence-electron chi connectivity index (χ3n) is 5.47. The number of rotatable bonds is 5. The van der Waals surface area contributed by atoms with Gasteiger partial charge in [-0.1, -0.05) is 51.1 Å². The van der Waals surface area contributed by atoms with Crippen molar-refractivity contribution in [3.8, 4) is 0 Å². The van der Waals surface area contributed by atoms with Crippen molar-refractivity contribution in [3.63, 3.8) is 0 Å². The Labute approximate surface area is 142 Å². The van der Waals surface area contributed by atoms with Crippen molar-refractivity contribution in [1.29, 1.82) is 0 Å². The van der Waals surface area contributed by atoms with Gasteiger partial charge in [-0.25, -0.2) is 0 Å². The topological polar surface area (TPSA) is 29.5 Å². The molecule has 2 atom stereocenters. The Morgan fingerprint density at radius 3 is 2.43 bits per heavy atom. The van der Waals surface area contributed by atoms with E-state index in [0.717, 1.165) is 6.54 Å². The largest absolute Gasteiger partial charge is 0.416 e. The van der Waals surface area contributed by atoms with Gasteiger partial charge in [-0.15, -0.1) is 0 Å². The SMILES string of the molecule is C[C@H](c1ccccc1)N1C[C@@H](CO[Si](C)(C)C(C)(C)C)CC1=O. The highest BCUT2D eigenvalue weighted by atomic mass is 28.4. The predicted molar refractivity (Wildman–Crippen MR) is 97.8 cm³/mol. The van der Waals surface area contributed by atoms with Crippen molar-refractivity contribution in [3.05, 3.63) is 35.9 Å². The molecular weight excluding hydrogens is 302 g/mol. The third-order valence-corrected chi connectivity index (χ3v) is 9.97. The van der Waals surface area contributed by atoms with Gasteiger partial charge in [0.15, 0.2) is 8.32 Å². The van der Waals surface area contributed by atoms with Crippen LogP contribution in [0, 0.1) is 5.92 Å². The lowest BCUT2D eigenvalue weighted by Gasteiger charge is -2.37. The second-order valence-electron chi connectivity index (χ2n) is 8.27. The van der Waals surface area contributed by atoms with E-state index in [9.17, 15) is 4.79 Å². The van der Waals surface area contributed by atoms with Gasteiger partial charge < -0.3 is 9.33 Å². The van der Waals surface area contributed by atoms with Gasteiger partial charge in [0.25, 0.3) is 0 Å². The van der Waals surface area contributed by atoms with Gasteiger partial charge in [0.05, 0.1) is 6.04 Å². The van der Waals surface area contributed by atoms with Crippen molar-refractivity contribution >= 4 is 14.2 Å². The highest BCUT2D eigenvalue weighted by molar-refractivity contribution is 6.74. The van der Waals surface area contributed by atoms with Crippen molar-refractivity contribution in [2.24, 2.45) is 5.92 Å². The molecule has 1 aliphatic rings. The maximum atomic E-state index is 12.4. The minimum absolute atomic E-state index is 0.140. The molecule has 23 heavy (non-hydrogen) atoms. The molecular formula is C19H31NO2Si. The average Bonchev–Trinajstić information content (AvgIpc) is 2.85. The van der Waals surface area contributed by atoms with Crippen LogP contribution in [-0.2, 0) is 9.22 Å². The number of hydrogen-bond acceptors (Lipinski definition) is 2. The van der Waals surface area contributed by atoms with Gasteiger partial charge >= 0.3 is 0 Å². The second kappa shape index (κ2) is 6.77. The zero-order valence-corrected chi connectivity index (χ0v) is 16.4. The highest BCUT2D eigenvalue weighted by Gasteiger charge is 2.39. The fourth-order valence-corrected chi connectivity index (χ4v) is 3.83. The van der Waals surface area contributed by atoms with E-state index in [1.54, 1.807) is 0 Å². The number of amides is 1. The Bertz CT molecular complexity index is 536. The summed E-state index contributed by atoms with van der Waals surface area (Å²) < 4.78 is 6.32. The molecule has 0 aromatic heterocycles. The van der Waals surface area contributed by atoms with Crippen molar-refractivity contribution in [2.75, 3.05) is 13.2 Å². The summed E-state index contributed by atoms with van der Waals surface area (Å²) in [7, 11) is -1.74. The van der Waals surface area contributed by atoms with Crippen LogP contribution in [0.4, 0.5) is 0 Å². The van der Waals surface area contributed by atoms with Gasteiger partial charge in [-0.05, 0) is 30.6 Å². The quantitative estimate of drug-likeness (QED) is 0.736. The highest BCUT2D eigenvalue weighted by Crippen LogP contribution is 2.37. The van der Waals surface area contributed by atoms with Crippen LogP contribution in [-0.4, -0.2) is 32.3 Å². The monoisotopic (exact) mass is 333 g/mol. The average molecular weight is 334 g/mol. The lowest BCUT2D eigenvalue weighted by Crippen LogP contribution is -2.42. The van der Waals surface area contributed by atoms with Gasteiger partial charge in [0.2, 0.25) is 5.91 Å². The van der Waals surface area contributed by atoms with E-state index in [1.807, 2.05) is 23.1 Å². The Morgan fingerprint density at radius 2 is 1.87 bits per heavy atom. The van der Waals surface area contributed by atoms with E-state index in [0.29, 0.717) is 18.9 Å². The minimum Gasteiger partial charge on any atom is -0.416 e. The van der Waals surface area contributed by atoms with Crippen LogP contribution in [0.3, 0.4) is 0 Å². The number of carbonyl (C=O) groups excluding carboxylic acids is 1. The van der Waals surface area contributed by atoms with E-state index in [2.05, 4.69) is 52.9 Å². The van der Waals surface area contributed by atoms with Crippen molar-refractivity contribution in [2.45, 2.75) is 58.3 Å². The molecule has 0 bridgehead atoms. The Hall–Kier alpha value is -1.13. The van der Waals surface area contributed by atoms with Gasteiger partial charge in [0, 0.05) is 25.5 Å². The zero-order chi connectivity index (χ0) is 17.3. The number of carbonyl (C=O) groups is 1. The van der Waals surface area contributed by atoms with Crippen LogP contribution < -0.4 is 0 Å². The number of nitrogens with zero attached hydrogens (tertiary/aromatic N) is 1. The first-order valence-electron chi connectivity index (χ1n) is 8.60. The van der Waals surface area contributed by atoms with Gasteiger partial charge in [0.1, 0.15) is 0 Å². The predicted octanol–water partition coefficient (Wildman–Crippen LogP) is 4.62. The van der Waals surface area contributed by atoms with E-state index in [1.165, 1.54) is 5.56 Å². The molecule has 1 aromatic carbocycles. The molecule has 1 aromatic rings. The van der Waals surface area contributed by atoms with Crippen molar-refractivity contribution < 1.29 is 9.22 Å². The summed E-state index contributed by atoms with van der Waals surface area (Å²) in [4.78, 5) is 14.4. The van der Waals surface area contributed by atoms with E-state index >= 15 is 0 Å². The minimum atomic E-state index is -1.74. The van der Waals surface area contributed by atoms with E-state index in [4.69, 9.17) is 4.43 Å². The third kappa shape index (κ3) is 4.24. The first-order chi connectivity index (χ1) is 10.6. The summed E-state index contributed by atoms with van der Waals surface area (Å²) in [5.74, 6) is 0.577. The van der Waals surface area contributed by atoms with Gasteiger partial charge in [-0.2, -0.15) is 0 Å². The summed E-state index contributed by atoms with van der Waals surface area (Å²) in [5, 5.41) is 0.215. The summed E-state index contributed by atoms with van der Waals surface area (Å²) in [5.41, 5.74) is 1.20. The Balaban J connectivity index is 1.95. The Kier molecular flexibility index (Phi) is 5.36. The van der Waals surface area contributed by atoms with Crippen LogP contribution >= 0.6 is 0 Å². The molecule has 0 radical (unpaired) electrons. The van der Waals surface area contributed by atoms with E-state index < -0.39 is 8.32 Å². The molecule has 1 amide bonds. The maximum Gasteiger partial charge on any atom is 0.223 e. The number of benzene rings is 1. The molecule has 1 heterocycles. The summed E-state index contributed by atoms with van der Waals surface area (Å²) in [6.45, 7) is 14.9. The smallest absolute Gasteiger partial charge is 0.223 e. The van der Waals surface area contributed by atoms with Crippen LogP contribution in [0.15, 0.2) is 30.3 Å². The Morgan fingerprint density at radius 1 is 1.26 bits per heavy atom. The molecule has 4 heteroatoms. The molecule has 1 saturated heterocycles. The lowest BCUT2D eigenvalue weighted by atomic mass is 10.1. The summed E-state index contributed by atoms with van der Waals surface area (Å²) >= 11 is 0. The van der Waals surface area contributed by atoms with Gasteiger partial charge in [-0.3, -0.25) is 4.79 Å². The zero-order valence-electron chi connectivity index (χ0n) is 15.4. The number of likely N-dealkylation sites (tertiary alicyclic amines) is 1. The molecule has 3 nitrogen and oxygen atoms in total. The molecule has 1 fully saturated rings. The normalized spacial score (nSPS) is 20.9. The molecule has 0 aliphatic carbocycles. The van der Waals surface area contributed by atoms with Crippen LogP contribution in [0.1, 0.15) is 45.7 Å². The van der Waals surface area contributed by atoms with Crippen LogP contribution in [0.25, 0.3) is 0 Å². The van der Waals surface area contributed by atoms with E-state index in [-0.39, 0.29) is 17.0 Å². The van der Waals surface area contributed by atoms with Crippen molar-refractivity contribution in [1.82, 2.24) is 4.90 Å². The summed E-state index contributed by atoms with van der Waals surface area (Å²) in [6.07, 6.45) is 0.617. The fraction of sp³-hybridized carbons (Fsp3) is 0.632. The standard InChI is InChI=1S/C19H31NO2Si/c1-15(17-10-8-7-9-11-17)20-13-16(12-18(20)21)14-22-23(5,6)19(2,3)4/h7-11,15-16H,12-14H2,1-6H3/t15-,16+/m1/s1. The molecule has 0 saturated carbocycles. The number of hydrogen-bond donors (Lipinski definition) is 0. The summed E-state index contributed by atoms with van der Waals surface area (Å²) in [6, 6.07) is 10.4. The van der Waals surface area contributed by atoms with Crippen LogP contribution in [0.2, 0.25) is 18.1 Å². The second-order valence-corrected chi connectivity index (χ2v) is 13.1. The molecule has 0 unspecified atom stereocenters. The fourth-order valence-electron chi connectivity index (χ4n) is 2.75. The first kappa shape index (κ1) is 18.2. The lowest BCUT2D eigenvalue weighted by molar-refractivity contribution is -0.129. The molecule has 0 spiro atoms. The molecule has 0 N–H and O–H groups in total. The molecule has 2 rings (SSSR count). The first-order valence-corrected chi connectivity index (χ1v) is 11.5. The maximum absolute atomic E-state index is 12.4.